The molecule has 0 bridgehead atoms. The van der Waals surface area contributed by atoms with Crippen LogP contribution in [0.4, 0.5) is 0 Å². The highest BCUT2D eigenvalue weighted by molar-refractivity contribution is 7.85. The van der Waals surface area contributed by atoms with E-state index in [1.807, 2.05) is 0 Å². The Labute approximate surface area is 268 Å². The second-order valence-electron chi connectivity index (χ2n) is 13.2. The maximum Gasteiger partial charge on any atom is 0.266 e. The van der Waals surface area contributed by atoms with Crippen LogP contribution < -0.4 is 5.32 Å². The molecule has 0 spiro atoms. The van der Waals surface area contributed by atoms with Gasteiger partial charge in [0, 0.05) is 6.42 Å². The molecular formula is C36H73NO5S. The summed E-state index contributed by atoms with van der Waals surface area (Å²) in [6.07, 6.45) is 34.7. The van der Waals surface area contributed by atoms with Crippen molar-refractivity contribution >= 4 is 16.0 Å². The Kier molecular flexibility index (Phi) is 30.8. The van der Waals surface area contributed by atoms with Crippen molar-refractivity contribution in [3.05, 3.63) is 0 Å². The summed E-state index contributed by atoms with van der Waals surface area (Å²) in [7, 11) is -4.30. The molecule has 0 aliphatic rings. The number of rotatable bonds is 34. The molecule has 0 aliphatic carbocycles. The normalized spacial score (nSPS) is 13.3. The molecule has 3 N–H and O–H groups in total. The van der Waals surface area contributed by atoms with E-state index in [1.54, 1.807) is 0 Å². The molecule has 0 aromatic carbocycles. The zero-order valence-electron chi connectivity index (χ0n) is 28.6. The minimum Gasteiger partial charge on any atom is -0.391 e. The van der Waals surface area contributed by atoms with Crippen molar-refractivity contribution in [3.8, 4) is 0 Å². The average Bonchev–Trinajstić information content (AvgIpc) is 2.96. The summed E-state index contributed by atoms with van der Waals surface area (Å²) in [6.45, 7) is 4.51. The molecule has 0 saturated carbocycles. The number of aliphatic hydroxyl groups excluding tert-OH is 1. The number of unbranched alkanes of at least 4 members (excludes halogenated alkanes) is 26. The van der Waals surface area contributed by atoms with Crippen molar-refractivity contribution in [3.63, 3.8) is 0 Å². The second kappa shape index (κ2) is 31.3. The van der Waals surface area contributed by atoms with Gasteiger partial charge < -0.3 is 10.4 Å². The number of amides is 1. The predicted octanol–water partition coefficient (Wildman–Crippen LogP) is 10.5. The molecule has 2 atom stereocenters. The van der Waals surface area contributed by atoms with Gasteiger partial charge in [-0.3, -0.25) is 9.35 Å². The molecule has 6 nitrogen and oxygen atoms in total. The lowest BCUT2D eigenvalue weighted by Crippen LogP contribution is -2.47. The highest BCUT2D eigenvalue weighted by Gasteiger charge is 2.26. The number of hydrogen-bond acceptors (Lipinski definition) is 4. The van der Waals surface area contributed by atoms with Crippen LogP contribution in [-0.2, 0) is 14.9 Å². The molecular weight excluding hydrogens is 558 g/mol. The van der Waals surface area contributed by atoms with E-state index in [0.717, 1.165) is 38.5 Å². The fourth-order valence-corrected chi connectivity index (χ4v) is 6.74. The van der Waals surface area contributed by atoms with Crippen molar-refractivity contribution in [2.75, 3.05) is 5.75 Å². The van der Waals surface area contributed by atoms with E-state index in [9.17, 15) is 22.9 Å². The molecule has 43 heavy (non-hydrogen) atoms. The van der Waals surface area contributed by atoms with Gasteiger partial charge in [0.25, 0.3) is 10.1 Å². The first-order valence-electron chi connectivity index (χ1n) is 18.7. The minimum absolute atomic E-state index is 0.243. The second-order valence-corrected chi connectivity index (χ2v) is 14.7. The smallest absolute Gasteiger partial charge is 0.266 e. The summed E-state index contributed by atoms with van der Waals surface area (Å²) in [6, 6.07) is -0.962. The number of hydrogen-bond donors (Lipinski definition) is 3. The van der Waals surface area contributed by atoms with Crippen LogP contribution in [0.15, 0.2) is 0 Å². The standard InChI is InChI=1S/C36H73NO5S/c1-3-5-7-9-11-13-15-17-18-19-20-22-24-26-28-30-32-36(39)37-34(33-43(40,41)42)35(38)31-29-27-25-23-21-16-14-12-10-8-6-4-2/h34-35,38H,3-33H2,1-2H3,(H,37,39)(H,40,41,42). The first kappa shape index (κ1) is 42.3. The molecule has 7 heteroatoms. The monoisotopic (exact) mass is 632 g/mol. The van der Waals surface area contributed by atoms with Crippen molar-refractivity contribution < 1.29 is 22.9 Å². The van der Waals surface area contributed by atoms with Gasteiger partial charge in [-0.1, -0.05) is 187 Å². The molecule has 0 aliphatic heterocycles. The van der Waals surface area contributed by atoms with E-state index in [1.165, 1.54) is 141 Å². The summed E-state index contributed by atoms with van der Waals surface area (Å²) in [4.78, 5) is 12.5. The van der Waals surface area contributed by atoms with E-state index in [-0.39, 0.29) is 5.91 Å². The third-order valence-electron chi connectivity index (χ3n) is 8.81. The molecule has 0 rings (SSSR count). The summed E-state index contributed by atoms with van der Waals surface area (Å²) >= 11 is 0. The molecule has 1 amide bonds. The maximum absolute atomic E-state index is 12.5. The first-order valence-corrected chi connectivity index (χ1v) is 20.3. The summed E-state index contributed by atoms with van der Waals surface area (Å²) in [5.41, 5.74) is 0. The van der Waals surface area contributed by atoms with Gasteiger partial charge in [0.15, 0.2) is 0 Å². The van der Waals surface area contributed by atoms with Crippen molar-refractivity contribution in [1.82, 2.24) is 5.32 Å². The maximum atomic E-state index is 12.5. The zero-order valence-corrected chi connectivity index (χ0v) is 29.4. The fourth-order valence-electron chi connectivity index (χ4n) is 5.98. The van der Waals surface area contributed by atoms with E-state index < -0.39 is 28.0 Å². The van der Waals surface area contributed by atoms with Crippen molar-refractivity contribution in [1.29, 1.82) is 0 Å². The lowest BCUT2D eigenvalue weighted by Gasteiger charge is -2.23. The Hall–Kier alpha value is -0.660. The molecule has 0 fully saturated rings. The SMILES string of the molecule is CCCCCCCCCCCCCCCCCCC(=O)NC(CS(=O)(=O)O)C(O)CCCCCCCCCCCCCC. The van der Waals surface area contributed by atoms with Gasteiger partial charge in [0.05, 0.1) is 17.9 Å². The number of carbonyl (C=O) groups excluding carboxylic acids is 1. The largest absolute Gasteiger partial charge is 0.391 e. The first-order chi connectivity index (χ1) is 20.8. The Bertz CT molecular complexity index is 700. The van der Waals surface area contributed by atoms with Crippen molar-refractivity contribution in [2.45, 2.75) is 219 Å². The van der Waals surface area contributed by atoms with Gasteiger partial charge in [-0.2, -0.15) is 8.42 Å². The van der Waals surface area contributed by atoms with Crippen LogP contribution in [0.5, 0.6) is 0 Å². The average molecular weight is 632 g/mol. The Morgan fingerprint density at radius 2 is 0.837 bits per heavy atom. The Balaban J connectivity index is 3.86. The van der Waals surface area contributed by atoms with Gasteiger partial charge in [0.2, 0.25) is 5.91 Å². The molecule has 2 unspecified atom stereocenters. The predicted molar refractivity (Wildman–Crippen MR) is 184 cm³/mol. The summed E-state index contributed by atoms with van der Waals surface area (Å²) in [5, 5.41) is 13.3. The van der Waals surface area contributed by atoms with Crippen LogP contribution in [0.25, 0.3) is 0 Å². The van der Waals surface area contributed by atoms with E-state index in [0.29, 0.717) is 12.8 Å². The van der Waals surface area contributed by atoms with Crippen molar-refractivity contribution in [2.24, 2.45) is 0 Å². The van der Waals surface area contributed by atoms with E-state index >= 15 is 0 Å². The van der Waals surface area contributed by atoms with Crippen LogP contribution in [0, 0.1) is 0 Å². The third kappa shape index (κ3) is 32.5. The topological polar surface area (TPSA) is 104 Å². The molecule has 0 saturated heterocycles. The molecule has 0 aromatic heterocycles. The van der Waals surface area contributed by atoms with Gasteiger partial charge >= 0.3 is 0 Å². The molecule has 258 valence electrons. The summed E-state index contributed by atoms with van der Waals surface area (Å²) < 4.78 is 32.4. The number of nitrogens with one attached hydrogen (secondary N) is 1. The third-order valence-corrected chi connectivity index (χ3v) is 9.59. The molecule has 0 aromatic rings. The molecule has 0 heterocycles. The van der Waals surface area contributed by atoms with E-state index in [2.05, 4.69) is 19.2 Å². The summed E-state index contributed by atoms with van der Waals surface area (Å²) in [5.74, 6) is -0.885. The van der Waals surface area contributed by atoms with Crippen LogP contribution >= 0.6 is 0 Å². The van der Waals surface area contributed by atoms with E-state index in [4.69, 9.17) is 0 Å². The van der Waals surface area contributed by atoms with Crippen LogP contribution in [-0.4, -0.2) is 41.9 Å². The lowest BCUT2D eigenvalue weighted by atomic mass is 10.0. The highest BCUT2D eigenvalue weighted by Crippen LogP contribution is 2.16. The van der Waals surface area contributed by atoms with Crippen LogP contribution in [0.3, 0.4) is 0 Å². The minimum atomic E-state index is -4.30. The number of aliphatic hydroxyl groups is 1. The lowest BCUT2D eigenvalue weighted by molar-refractivity contribution is -0.122. The van der Waals surface area contributed by atoms with Gasteiger partial charge in [-0.05, 0) is 12.8 Å². The van der Waals surface area contributed by atoms with Gasteiger partial charge in [-0.15, -0.1) is 0 Å². The zero-order chi connectivity index (χ0) is 31.9. The van der Waals surface area contributed by atoms with Crippen LogP contribution in [0.1, 0.15) is 206 Å². The quantitative estimate of drug-likeness (QED) is 0.0484. The van der Waals surface area contributed by atoms with Gasteiger partial charge in [0.1, 0.15) is 0 Å². The van der Waals surface area contributed by atoms with Crippen LogP contribution in [0.2, 0.25) is 0 Å². The highest BCUT2D eigenvalue weighted by atomic mass is 32.2. The van der Waals surface area contributed by atoms with Gasteiger partial charge in [-0.25, -0.2) is 0 Å². The molecule has 0 radical (unpaired) electrons. The number of carbonyl (C=O) groups is 1. The Morgan fingerprint density at radius 3 is 1.16 bits per heavy atom. The Morgan fingerprint density at radius 1 is 0.535 bits per heavy atom. The fraction of sp³-hybridized carbons (Fsp3) is 0.972.